The van der Waals surface area contributed by atoms with E-state index in [1.54, 1.807) is 6.07 Å². The third kappa shape index (κ3) is 7.71. The van der Waals surface area contributed by atoms with E-state index in [0.717, 1.165) is 28.3 Å². The first-order valence-corrected chi connectivity index (χ1v) is 14.4. The summed E-state index contributed by atoms with van der Waals surface area (Å²) < 4.78 is 41.6. The van der Waals surface area contributed by atoms with Gasteiger partial charge in [0.1, 0.15) is 16.8 Å². The van der Waals surface area contributed by atoms with Crippen LogP contribution >= 0.6 is 22.9 Å². The van der Waals surface area contributed by atoms with Gasteiger partial charge in [0.25, 0.3) is 5.91 Å². The number of rotatable bonds is 12. The number of amides is 2. The van der Waals surface area contributed by atoms with Crippen molar-refractivity contribution in [3.8, 4) is 0 Å². The molecule has 206 valence electrons. The predicted molar refractivity (Wildman–Crippen MR) is 144 cm³/mol. The smallest absolute Gasteiger partial charge is 0.262 e. The summed E-state index contributed by atoms with van der Waals surface area (Å²) in [7, 11) is -4.33. The molecule has 3 rings (SSSR count). The number of sulfonamides is 1. The largest absolute Gasteiger partial charge is 0.395 e. The van der Waals surface area contributed by atoms with Crippen molar-refractivity contribution in [2.75, 3.05) is 13.2 Å². The van der Waals surface area contributed by atoms with Crippen LogP contribution in [0.2, 0.25) is 5.02 Å². The number of benzene rings is 2. The first kappa shape index (κ1) is 29.9. The number of carbonyl (C=O) groups excluding carboxylic acids is 2. The van der Waals surface area contributed by atoms with Gasteiger partial charge in [-0.3, -0.25) is 9.59 Å². The summed E-state index contributed by atoms with van der Waals surface area (Å²) in [4.78, 5) is 25.8. The van der Waals surface area contributed by atoms with Gasteiger partial charge in [-0.25, -0.2) is 17.5 Å². The van der Waals surface area contributed by atoms with Crippen LogP contribution in [-0.2, 0) is 14.8 Å². The van der Waals surface area contributed by atoms with Crippen molar-refractivity contribution in [3.05, 3.63) is 64.2 Å². The van der Waals surface area contributed by atoms with E-state index in [9.17, 15) is 32.6 Å². The molecule has 3 atom stereocenters. The van der Waals surface area contributed by atoms with Crippen LogP contribution in [-0.4, -0.2) is 61.8 Å². The maximum Gasteiger partial charge on any atom is 0.262 e. The summed E-state index contributed by atoms with van der Waals surface area (Å²) in [5, 5.41) is 26.0. The number of nitrogens with one attached hydrogen (secondary N) is 3. The highest BCUT2D eigenvalue weighted by Gasteiger charge is 2.29. The molecule has 9 nitrogen and oxygen atoms in total. The van der Waals surface area contributed by atoms with E-state index in [0.29, 0.717) is 11.3 Å². The number of thiophene rings is 1. The number of hydrogen-bond donors (Lipinski definition) is 5. The minimum atomic E-state index is -4.33. The van der Waals surface area contributed by atoms with Gasteiger partial charge in [-0.05, 0) is 48.1 Å². The van der Waals surface area contributed by atoms with Crippen LogP contribution in [0.15, 0.2) is 53.4 Å². The molecule has 0 spiro atoms. The van der Waals surface area contributed by atoms with Crippen LogP contribution in [0.4, 0.5) is 4.39 Å². The molecule has 0 aliphatic rings. The second-order valence-corrected chi connectivity index (χ2v) is 12.3. The summed E-state index contributed by atoms with van der Waals surface area (Å²) >= 11 is 7.13. The zero-order valence-corrected chi connectivity index (χ0v) is 23.0. The van der Waals surface area contributed by atoms with E-state index in [1.807, 2.05) is 38.1 Å². The Balaban J connectivity index is 1.64. The Morgan fingerprint density at radius 3 is 2.47 bits per heavy atom. The monoisotopic (exact) mass is 585 g/mol. The van der Waals surface area contributed by atoms with Crippen molar-refractivity contribution in [1.29, 1.82) is 0 Å². The summed E-state index contributed by atoms with van der Waals surface area (Å²) in [5.41, 5.74) is 0. The Hall–Kier alpha value is -2.61. The second kappa shape index (κ2) is 13.0. The Morgan fingerprint density at radius 2 is 1.84 bits per heavy atom. The van der Waals surface area contributed by atoms with Crippen molar-refractivity contribution in [1.82, 2.24) is 15.4 Å². The van der Waals surface area contributed by atoms with Gasteiger partial charge >= 0.3 is 0 Å². The molecule has 13 heteroatoms. The first-order valence-electron chi connectivity index (χ1n) is 11.7. The van der Waals surface area contributed by atoms with Crippen molar-refractivity contribution in [3.63, 3.8) is 0 Å². The van der Waals surface area contributed by atoms with Crippen LogP contribution in [0.5, 0.6) is 0 Å². The standard InChI is InChI=1S/C25H29ClFN3O6S2/c1-14(2)9-18(29-25(34)22-10-15-5-3-4-6-21(15)37-22)24(33)28-12-20(32)19(13-31)30-38(35,36)23-8-7-16(27)11-17(23)26/h3-8,10-11,14,18-20,30-32H,9,12-13H2,1-2H3,(H,28,33)(H,29,34)/t18-,19-,20+/m0/s1. The lowest BCUT2D eigenvalue weighted by Gasteiger charge is -2.24. The molecule has 1 aromatic heterocycles. The van der Waals surface area contributed by atoms with Crippen molar-refractivity contribution < 1.29 is 32.6 Å². The average molecular weight is 586 g/mol. The Morgan fingerprint density at radius 1 is 1.13 bits per heavy atom. The third-order valence-corrected chi connectivity index (χ3v) is 8.70. The molecule has 2 aromatic carbocycles. The van der Waals surface area contributed by atoms with Gasteiger partial charge in [-0.15, -0.1) is 11.3 Å². The van der Waals surface area contributed by atoms with Gasteiger partial charge in [-0.2, -0.15) is 0 Å². The Kier molecular flexibility index (Phi) is 10.2. The molecule has 2 amide bonds. The fraction of sp³-hybridized carbons (Fsp3) is 0.360. The molecule has 5 N–H and O–H groups in total. The highest BCUT2D eigenvalue weighted by molar-refractivity contribution is 7.89. The maximum atomic E-state index is 13.3. The number of hydrogen-bond acceptors (Lipinski definition) is 7. The zero-order valence-electron chi connectivity index (χ0n) is 20.6. The summed E-state index contributed by atoms with van der Waals surface area (Å²) in [6, 6.07) is 9.63. The van der Waals surface area contributed by atoms with Crippen molar-refractivity contribution >= 4 is 54.9 Å². The van der Waals surface area contributed by atoms with E-state index < -0.39 is 63.9 Å². The number of carbonyl (C=O) groups is 2. The number of aliphatic hydroxyl groups excluding tert-OH is 2. The van der Waals surface area contributed by atoms with Gasteiger partial charge in [0.2, 0.25) is 15.9 Å². The fourth-order valence-electron chi connectivity index (χ4n) is 3.69. The van der Waals surface area contributed by atoms with Crippen LogP contribution < -0.4 is 15.4 Å². The van der Waals surface area contributed by atoms with E-state index in [1.165, 1.54) is 11.3 Å². The van der Waals surface area contributed by atoms with Gasteiger partial charge in [-0.1, -0.05) is 43.6 Å². The van der Waals surface area contributed by atoms with Crippen LogP contribution in [0.25, 0.3) is 10.1 Å². The van der Waals surface area contributed by atoms with Gasteiger partial charge in [0.05, 0.1) is 28.7 Å². The Labute approximate surface area is 229 Å². The maximum absolute atomic E-state index is 13.3. The van der Waals surface area contributed by atoms with Crippen LogP contribution in [0, 0.1) is 11.7 Å². The van der Waals surface area contributed by atoms with Gasteiger partial charge < -0.3 is 20.8 Å². The molecule has 0 bridgehead atoms. The molecule has 0 saturated heterocycles. The number of halogens is 2. The molecule has 0 unspecified atom stereocenters. The molecular formula is C25H29ClFN3O6S2. The molecule has 0 aliphatic carbocycles. The fourth-order valence-corrected chi connectivity index (χ4v) is 6.45. The molecule has 0 radical (unpaired) electrons. The zero-order chi connectivity index (χ0) is 28.0. The topological polar surface area (TPSA) is 145 Å². The SMILES string of the molecule is CC(C)C[C@H](NC(=O)c1cc2ccccc2s1)C(=O)NC[C@@H](O)[C@H](CO)NS(=O)(=O)c1ccc(F)cc1Cl. The molecule has 0 fully saturated rings. The van der Waals surface area contributed by atoms with Crippen molar-refractivity contribution in [2.24, 2.45) is 5.92 Å². The number of aliphatic hydroxyl groups is 2. The lowest BCUT2D eigenvalue weighted by atomic mass is 10.0. The Bertz CT molecular complexity index is 1370. The highest BCUT2D eigenvalue weighted by Crippen LogP contribution is 2.25. The third-order valence-electron chi connectivity index (χ3n) is 5.61. The van der Waals surface area contributed by atoms with Crippen molar-refractivity contribution in [2.45, 2.75) is 43.4 Å². The van der Waals surface area contributed by atoms with Crippen LogP contribution in [0.3, 0.4) is 0 Å². The first-order chi connectivity index (χ1) is 17.9. The predicted octanol–water partition coefficient (Wildman–Crippen LogP) is 2.65. The number of fused-ring (bicyclic) bond motifs is 1. The highest BCUT2D eigenvalue weighted by atomic mass is 35.5. The lowest BCUT2D eigenvalue weighted by molar-refractivity contribution is -0.123. The summed E-state index contributed by atoms with van der Waals surface area (Å²) in [6.45, 7) is 2.56. The van der Waals surface area contributed by atoms with E-state index in [4.69, 9.17) is 11.6 Å². The normalized spacial score (nSPS) is 14.3. The minimum Gasteiger partial charge on any atom is -0.395 e. The summed E-state index contributed by atoms with van der Waals surface area (Å²) in [5.74, 6) is -1.67. The molecule has 38 heavy (non-hydrogen) atoms. The van der Waals surface area contributed by atoms with E-state index in [-0.39, 0.29) is 10.9 Å². The quantitative estimate of drug-likeness (QED) is 0.221. The average Bonchev–Trinajstić information content (AvgIpc) is 3.29. The van der Waals surface area contributed by atoms with Gasteiger partial charge in [0, 0.05) is 11.2 Å². The van der Waals surface area contributed by atoms with E-state index in [2.05, 4.69) is 15.4 Å². The second-order valence-electron chi connectivity index (χ2n) is 9.10. The minimum absolute atomic E-state index is 0.0517. The summed E-state index contributed by atoms with van der Waals surface area (Å²) in [6.07, 6.45) is -1.21. The van der Waals surface area contributed by atoms with Crippen LogP contribution in [0.1, 0.15) is 29.9 Å². The van der Waals surface area contributed by atoms with E-state index >= 15 is 0 Å². The molecule has 3 aromatic rings. The molecule has 0 saturated carbocycles. The molecular weight excluding hydrogens is 557 g/mol. The molecule has 0 aliphatic heterocycles. The molecule has 1 heterocycles. The lowest BCUT2D eigenvalue weighted by Crippen LogP contribution is -2.53. The van der Waals surface area contributed by atoms with Gasteiger partial charge in [0.15, 0.2) is 0 Å².